The maximum atomic E-state index is 13.2. The molecule has 4 rings (SSSR count). The lowest BCUT2D eigenvalue weighted by atomic mass is 10.0. The van der Waals surface area contributed by atoms with Crippen molar-refractivity contribution in [2.45, 2.75) is 32.5 Å². The highest BCUT2D eigenvalue weighted by Crippen LogP contribution is 2.33. The molecule has 4 N–H and O–H groups in total. The van der Waals surface area contributed by atoms with Crippen LogP contribution in [0.4, 0.5) is 4.79 Å². The Morgan fingerprint density at radius 1 is 1.11 bits per heavy atom. The Balaban J connectivity index is 1.47. The van der Waals surface area contributed by atoms with Crippen molar-refractivity contribution < 1.29 is 19.8 Å². The summed E-state index contributed by atoms with van der Waals surface area (Å²) in [4.78, 5) is 46.5. The van der Waals surface area contributed by atoms with Gasteiger partial charge in [0, 0.05) is 35.8 Å². The molecule has 0 saturated carbocycles. The lowest BCUT2D eigenvalue weighted by molar-refractivity contribution is 0.0944. The Hall–Kier alpha value is -4.62. The topological polar surface area (TPSA) is 139 Å². The van der Waals surface area contributed by atoms with Gasteiger partial charge in [-0.05, 0) is 55.8 Å². The van der Waals surface area contributed by atoms with Gasteiger partial charge >= 0.3 is 6.03 Å². The van der Waals surface area contributed by atoms with Gasteiger partial charge in [0.15, 0.2) is 0 Å². The molecule has 38 heavy (non-hydrogen) atoms. The maximum absolute atomic E-state index is 13.2. The standard InChI is InChI=1S/C28H29N5O5/c1-18(2)33-24(16-32(28(33)38)15-23-25(35)27(37)31-17-30-23)21-9-5-19(6-10-21)3-4-20-7-11-22(12-8-20)26(36)29-13-14-34/h5-12,17-18,24,34-35H,13-16H2,1-2H3,(H,29,36)(H,30,31,37). The molecule has 0 bridgehead atoms. The zero-order valence-corrected chi connectivity index (χ0v) is 21.1. The number of aliphatic hydroxyl groups excluding tert-OH is 1. The first-order valence-electron chi connectivity index (χ1n) is 12.2. The van der Waals surface area contributed by atoms with Crippen molar-refractivity contribution >= 4 is 11.9 Å². The number of hydrogen-bond acceptors (Lipinski definition) is 6. The zero-order valence-electron chi connectivity index (χ0n) is 21.1. The molecule has 1 atom stereocenters. The van der Waals surface area contributed by atoms with Crippen molar-refractivity contribution in [1.82, 2.24) is 25.1 Å². The summed E-state index contributed by atoms with van der Waals surface area (Å²) < 4.78 is 0. The molecule has 3 aromatic rings. The van der Waals surface area contributed by atoms with Gasteiger partial charge in [0.2, 0.25) is 5.75 Å². The number of carbonyl (C=O) groups is 2. The van der Waals surface area contributed by atoms with Gasteiger partial charge in [0.25, 0.3) is 11.5 Å². The summed E-state index contributed by atoms with van der Waals surface area (Å²) in [5.41, 5.74) is 2.50. The first kappa shape index (κ1) is 26.4. The molecule has 1 saturated heterocycles. The molecule has 0 radical (unpaired) electrons. The Morgan fingerprint density at radius 3 is 2.34 bits per heavy atom. The minimum Gasteiger partial charge on any atom is -0.502 e. The van der Waals surface area contributed by atoms with E-state index in [4.69, 9.17) is 5.11 Å². The molecule has 0 aliphatic carbocycles. The smallest absolute Gasteiger partial charge is 0.321 e. The molecule has 10 nitrogen and oxygen atoms in total. The summed E-state index contributed by atoms with van der Waals surface area (Å²) in [6.07, 6.45) is 1.21. The van der Waals surface area contributed by atoms with Gasteiger partial charge in [0.05, 0.1) is 25.5 Å². The molecule has 1 aliphatic rings. The Kier molecular flexibility index (Phi) is 8.09. The van der Waals surface area contributed by atoms with Crippen molar-refractivity contribution in [3.05, 3.63) is 93.2 Å². The Morgan fingerprint density at radius 2 is 1.74 bits per heavy atom. The van der Waals surface area contributed by atoms with E-state index in [0.717, 1.165) is 16.7 Å². The highest BCUT2D eigenvalue weighted by molar-refractivity contribution is 5.94. The third-order valence-electron chi connectivity index (χ3n) is 6.21. The molecule has 3 amide bonds. The highest BCUT2D eigenvalue weighted by atomic mass is 16.3. The molecule has 196 valence electrons. The number of rotatable bonds is 7. The fourth-order valence-electron chi connectivity index (χ4n) is 4.29. The summed E-state index contributed by atoms with van der Waals surface area (Å²) >= 11 is 0. The van der Waals surface area contributed by atoms with E-state index >= 15 is 0 Å². The van der Waals surface area contributed by atoms with Crippen LogP contribution in [0.25, 0.3) is 0 Å². The van der Waals surface area contributed by atoms with Crippen molar-refractivity contribution in [3.63, 3.8) is 0 Å². The molecule has 2 heterocycles. The minimum atomic E-state index is -0.643. The van der Waals surface area contributed by atoms with Crippen LogP contribution in [-0.4, -0.2) is 67.7 Å². The number of carbonyl (C=O) groups excluding carboxylic acids is 2. The predicted molar refractivity (Wildman–Crippen MR) is 140 cm³/mol. The molecular weight excluding hydrogens is 486 g/mol. The predicted octanol–water partition coefficient (Wildman–Crippen LogP) is 1.98. The van der Waals surface area contributed by atoms with Gasteiger partial charge in [-0.1, -0.05) is 24.0 Å². The fraction of sp³-hybridized carbons (Fsp3) is 0.286. The van der Waals surface area contributed by atoms with Crippen molar-refractivity contribution in [3.8, 4) is 17.6 Å². The van der Waals surface area contributed by atoms with Crippen LogP contribution in [0.1, 0.15) is 52.6 Å². The van der Waals surface area contributed by atoms with Crippen LogP contribution in [0.15, 0.2) is 59.7 Å². The number of nitrogens with one attached hydrogen (secondary N) is 2. The largest absolute Gasteiger partial charge is 0.502 e. The summed E-state index contributed by atoms with van der Waals surface area (Å²) in [5.74, 6) is 5.46. The van der Waals surface area contributed by atoms with Crippen LogP contribution in [0.5, 0.6) is 5.75 Å². The van der Waals surface area contributed by atoms with Gasteiger partial charge in [-0.3, -0.25) is 9.59 Å². The second-order valence-electron chi connectivity index (χ2n) is 9.14. The quantitative estimate of drug-likeness (QED) is 0.355. The van der Waals surface area contributed by atoms with E-state index in [0.29, 0.717) is 12.1 Å². The number of aromatic hydroxyl groups is 1. The minimum absolute atomic E-state index is 0.0275. The number of urea groups is 1. The SMILES string of the molecule is CC(C)N1C(=O)N(Cc2nc[nH]c(=O)c2O)CC1c1ccc(C#Cc2ccc(C(=O)NCCO)cc2)cc1. The van der Waals surface area contributed by atoms with Gasteiger partial charge < -0.3 is 30.3 Å². The first-order valence-corrected chi connectivity index (χ1v) is 12.2. The Bertz CT molecular complexity index is 1420. The van der Waals surface area contributed by atoms with E-state index in [9.17, 15) is 19.5 Å². The van der Waals surface area contributed by atoms with Gasteiger partial charge in [-0.15, -0.1) is 0 Å². The average molecular weight is 516 g/mol. The highest BCUT2D eigenvalue weighted by Gasteiger charge is 2.39. The lowest BCUT2D eigenvalue weighted by Gasteiger charge is -2.27. The van der Waals surface area contributed by atoms with Crippen molar-refractivity contribution in [2.24, 2.45) is 0 Å². The third-order valence-corrected chi connectivity index (χ3v) is 6.21. The van der Waals surface area contributed by atoms with Crippen LogP contribution >= 0.6 is 0 Å². The van der Waals surface area contributed by atoms with Crippen LogP contribution in [-0.2, 0) is 6.54 Å². The number of aromatic nitrogens is 2. The number of H-pyrrole nitrogens is 1. The van der Waals surface area contributed by atoms with E-state index in [1.54, 1.807) is 34.1 Å². The third kappa shape index (κ3) is 5.85. The van der Waals surface area contributed by atoms with E-state index in [2.05, 4.69) is 27.1 Å². The van der Waals surface area contributed by atoms with Crippen molar-refractivity contribution in [1.29, 1.82) is 0 Å². The molecular formula is C28H29N5O5. The average Bonchev–Trinajstić information content (AvgIpc) is 3.25. The molecule has 1 aromatic heterocycles. The van der Waals surface area contributed by atoms with E-state index < -0.39 is 11.3 Å². The maximum Gasteiger partial charge on any atom is 0.321 e. The molecule has 10 heteroatoms. The van der Waals surface area contributed by atoms with Crippen LogP contribution in [0.3, 0.4) is 0 Å². The van der Waals surface area contributed by atoms with Gasteiger partial charge in [0.1, 0.15) is 5.69 Å². The number of benzene rings is 2. The first-order chi connectivity index (χ1) is 18.3. The second kappa shape index (κ2) is 11.6. The summed E-state index contributed by atoms with van der Waals surface area (Å²) in [6, 6.07) is 14.1. The number of aromatic amines is 1. The molecule has 2 aromatic carbocycles. The normalized spacial score (nSPS) is 14.9. The zero-order chi connectivity index (χ0) is 27.2. The number of amides is 3. The number of hydrogen-bond donors (Lipinski definition) is 4. The van der Waals surface area contributed by atoms with E-state index in [-0.39, 0.29) is 49.4 Å². The van der Waals surface area contributed by atoms with Crippen molar-refractivity contribution in [2.75, 3.05) is 19.7 Å². The molecule has 1 fully saturated rings. The van der Waals surface area contributed by atoms with Gasteiger partial charge in [-0.2, -0.15) is 0 Å². The fourth-order valence-corrected chi connectivity index (χ4v) is 4.29. The number of aliphatic hydroxyl groups is 1. The van der Waals surface area contributed by atoms with Crippen LogP contribution < -0.4 is 10.9 Å². The van der Waals surface area contributed by atoms with Crippen LogP contribution in [0.2, 0.25) is 0 Å². The molecule has 1 aliphatic heterocycles. The monoisotopic (exact) mass is 515 g/mol. The summed E-state index contributed by atoms with van der Waals surface area (Å²) in [6.45, 7) is 4.38. The summed E-state index contributed by atoms with van der Waals surface area (Å²) in [5, 5.41) is 21.5. The lowest BCUT2D eigenvalue weighted by Crippen LogP contribution is -2.37. The molecule has 0 spiro atoms. The van der Waals surface area contributed by atoms with E-state index in [1.165, 1.54) is 6.33 Å². The molecule has 1 unspecified atom stereocenters. The van der Waals surface area contributed by atoms with Gasteiger partial charge in [-0.25, -0.2) is 9.78 Å². The van der Waals surface area contributed by atoms with E-state index in [1.807, 2.05) is 38.1 Å². The van der Waals surface area contributed by atoms with Crippen LogP contribution in [0, 0.1) is 11.8 Å². The number of nitrogens with zero attached hydrogens (tertiary/aromatic N) is 3. The Labute approximate surface area is 220 Å². The second-order valence-corrected chi connectivity index (χ2v) is 9.14. The summed E-state index contributed by atoms with van der Waals surface area (Å²) in [7, 11) is 0.